The van der Waals surface area contributed by atoms with Crippen LogP contribution in [0.15, 0.2) is 29.8 Å². The second kappa shape index (κ2) is 8.43. The summed E-state index contributed by atoms with van der Waals surface area (Å²) >= 11 is 1.52. The van der Waals surface area contributed by atoms with Crippen LogP contribution in [0, 0.1) is 5.92 Å². The first-order valence-electron chi connectivity index (χ1n) is 8.96. The van der Waals surface area contributed by atoms with Crippen LogP contribution in [0.1, 0.15) is 26.0 Å². The van der Waals surface area contributed by atoms with Gasteiger partial charge in [0.2, 0.25) is 5.91 Å². The SMILES string of the molecule is COc1ccc(OC)c(-c2cn3c(CC(=O)NCCC(C)C)csc3n2)c1. The van der Waals surface area contributed by atoms with Crippen LogP contribution in [0.25, 0.3) is 16.2 Å². The van der Waals surface area contributed by atoms with Crippen molar-refractivity contribution in [3.63, 3.8) is 0 Å². The number of nitrogens with zero attached hydrogens (tertiary/aromatic N) is 2. The number of carbonyl (C=O) groups is 1. The third-order valence-corrected chi connectivity index (χ3v) is 5.24. The summed E-state index contributed by atoms with van der Waals surface area (Å²) in [6.45, 7) is 5.00. The molecule has 1 amide bonds. The Labute approximate surface area is 163 Å². The number of rotatable bonds is 8. The van der Waals surface area contributed by atoms with Gasteiger partial charge in [-0.25, -0.2) is 4.98 Å². The van der Waals surface area contributed by atoms with Crippen LogP contribution >= 0.6 is 11.3 Å². The molecule has 3 rings (SSSR count). The largest absolute Gasteiger partial charge is 0.497 e. The van der Waals surface area contributed by atoms with E-state index in [1.54, 1.807) is 14.2 Å². The number of amides is 1. The van der Waals surface area contributed by atoms with Gasteiger partial charge in [0.1, 0.15) is 11.5 Å². The number of hydrogen-bond donors (Lipinski definition) is 1. The Balaban J connectivity index is 1.82. The van der Waals surface area contributed by atoms with Gasteiger partial charge in [0.25, 0.3) is 0 Å². The number of nitrogens with one attached hydrogen (secondary N) is 1. The van der Waals surface area contributed by atoms with E-state index in [0.29, 0.717) is 18.9 Å². The lowest BCUT2D eigenvalue weighted by Gasteiger charge is -2.08. The average Bonchev–Trinajstić information content (AvgIpc) is 3.22. The smallest absolute Gasteiger partial charge is 0.225 e. The highest BCUT2D eigenvalue weighted by Crippen LogP contribution is 2.34. The zero-order chi connectivity index (χ0) is 19.4. The van der Waals surface area contributed by atoms with Gasteiger partial charge in [-0.1, -0.05) is 13.8 Å². The molecule has 0 aliphatic heterocycles. The third kappa shape index (κ3) is 4.42. The first-order chi connectivity index (χ1) is 13.0. The highest BCUT2D eigenvalue weighted by molar-refractivity contribution is 7.15. The zero-order valence-corrected chi connectivity index (χ0v) is 16.9. The summed E-state index contributed by atoms with van der Waals surface area (Å²) in [7, 11) is 3.27. The summed E-state index contributed by atoms with van der Waals surface area (Å²) in [5.74, 6) is 2.08. The van der Waals surface area contributed by atoms with Crippen molar-refractivity contribution in [2.75, 3.05) is 20.8 Å². The minimum Gasteiger partial charge on any atom is -0.497 e. The Bertz CT molecular complexity index is 930. The van der Waals surface area contributed by atoms with E-state index in [2.05, 4.69) is 19.2 Å². The summed E-state index contributed by atoms with van der Waals surface area (Å²) in [5.41, 5.74) is 2.58. The number of hydrogen-bond acceptors (Lipinski definition) is 5. The van der Waals surface area contributed by atoms with Crippen molar-refractivity contribution >= 4 is 22.2 Å². The molecular formula is C20H25N3O3S. The summed E-state index contributed by atoms with van der Waals surface area (Å²) in [4.78, 5) is 17.8. The Kier molecular flexibility index (Phi) is 6.01. The van der Waals surface area contributed by atoms with Crippen LogP contribution in [0.3, 0.4) is 0 Å². The van der Waals surface area contributed by atoms with Gasteiger partial charge in [-0.2, -0.15) is 0 Å². The fourth-order valence-electron chi connectivity index (χ4n) is 2.83. The normalized spacial score (nSPS) is 11.1. The minimum absolute atomic E-state index is 0.0320. The van der Waals surface area contributed by atoms with Crippen LogP contribution < -0.4 is 14.8 Å². The second-order valence-electron chi connectivity index (χ2n) is 6.78. The lowest BCUT2D eigenvalue weighted by Crippen LogP contribution is -2.27. The van der Waals surface area contributed by atoms with E-state index in [1.165, 1.54) is 11.3 Å². The van der Waals surface area contributed by atoms with Crippen molar-refractivity contribution in [2.45, 2.75) is 26.7 Å². The third-order valence-electron chi connectivity index (χ3n) is 4.35. The maximum absolute atomic E-state index is 12.2. The molecule has 0 saturated heterocycles. The molecule has 0 aliphatic carbocycles. The molecule has 1 N–H and O–H groups in total. The van der Waals surface area contributed by atoms with E-state index in [4.69, 9.17) is 14.5 Å². The Hall–Kier alpha value is -2.54. The van der Waals surface area contributed by atoms with E-state index in [9.17, 15) is 4.79 Å². The quantitative estimate of drug-likeness (QED) is 0.639. The number of benzene rings is 1. The summed E-state index contributed by atoms with van der Waals surface area (Å²) < 4.78 is 12.8. The molecule has 0 atom stereocenters. The van der Waals surface area contributed by atoms with E-state index in [0.717, 1.165) is 39.8 Å². The lowest BCUT2D eigenvalue weighted by molar-refractivity contribution is -0.120. The van der Waals surface area contributed by atoms with Crippen LogP contribution in [0.4, 0.5) is 0 Å². The topological polar surface area (TPSA) is 64.9 Å². The van der Waals surface area contributed by atoms with E-state index < -0.39 is 0 Å². The Morgan fingerprint density at radius 1 is 1.30 bits per heavy atom. The fourth-order valence-corrected chi connectivity index (χ4v) is 3.70. The van der Waals surface area contributed by atoms with Crippen LogP contribution in [0.2, 0.25) is 0 Å². The van der Waals surface area contributed by atoms with E-state index in [1.807, 2.05) is 34.2 Å². The Morgan fingerprint density at radius 2 is 2.11 bits per heavy atom. The van der Waals surface area contributed by atoms with E-state index >= 15 is 0 Å². The highest BCUT2D eigenvalue weighted by atomic mass is 32.1. The molecule has 0 bridgehead atoms. The highest BCUT2D eigenvalue weighted by Gasteiger charge is 2.15. The minimum atomic E-state index is 0.0320. The molecule has 27 heavy (non-hydrogen) atoms. The van der Waals surface area contributed by atoms with Crippen molar-refractivity contribution in [1.29, 1.82) is 0 Å². The molecule has 0 aliphatic rings. The van der Waals surface area contributed by atoms with Gasteiger partial charge < -0.3 is 14.8 Å². The summed E-state index contributed by atoms with van der Waals surface area (Å²) in [5, 5.41) is 4.97. The predicted octanol–water partition coefficient (Wildman–Crippen LogP) is 3.78. The number of thiazole rings is 1. The van der Waals surface area contributed by atoms with Gasteiger partial charge in [-0.15, -0.1) is 11.3 Å². The molecule has 0 saturated carbocycles. The molecule has 0 spiro atoms. The molecule has 0 radical (unpaired) electrons. The number of carbonyl (C=O) groups excluding carboxylic acids is 1. The predicted molar refractivity (Wildman–Crippen MR) is 108 cm³/mol. The molecule has 2 aromatic heterocycles. The van der Waals surface area contributed by atoms with Crippen molar-refractivity contribution in [1.82, 2.24) is 14.7 Å². The monoisotopic (exact) mass is 387 g/mol. The summed E-state index contributed by atoms with van der Waals surface area (Å²) in [6, 6.07) is 5.63. The van der Waals surface area contributed by atoms with Gasteiger partial charge in [0, 0.05) is 29.4 Å². The molecule has 7 heteroatoms. The molecule has 0 fully saturated rings. The van der Waals surface area contributed by atoms with Gasteiger partial charge >= 0.3 is 0 Å². The number of aromatic nitrogens is 2. The molecule has 3 aromatic rings. The molecule has 2 heterocycles. The molecular weight excluding hydrogens is 362 g/mol. The molecule has 1 aromatic carbocycles. The van der Waals surface area contributed by atoms with Crippen molar-refractivity contribution in [3.8, 4) is 22.8 Å². The first-order valence-corrected chi connectivity index (χ1v) is 9.84. The lowest BCUT2D eigenvalue weighted by atomic mass is 10.1. The van der Waals surface area contributed by atoms with Gasteiger partial charge in [0.15, 0.2) is 4.96 Å². The molecule has 144 valence electrons. The molecule has 6 nitrogen and oxygen atoms in total. The van der Waals surface area contributed by atoms with Crippen molar-refractivity contribution < 1.29 is 14.3 Å². The standard InChI is InChI=1S/C20H25N3O3S/c1-13(2)7-8-21-19(24)9-14-12-27-20-22-17(11-23(14)20)16-10-15(25-3)5-6-18(16)26-4/h5-6,10-13H,7-9H2,1-4H3,(H,21,24). The molecule has 0 unspecified atom stereocenters. The maximum Gasteiger partial charge on any atom is 0.225 e. The average molecular weight is 388 g/mol. The number of imidazole rings is 1. The van der Waals surface area contributed by atoms with E-state index in [-0.39, 0.29) is 5.91 Å². The second-order valence-corrected chi connectivity index (χ2v) is 7.62. The Morgan fingerprint density at radius 3 is 2.81 bits per heavy atom. The van der Waals surface area contributed by atoms with Gasteiger partial charge in [0.05, 0.1) is 26.3 Å². The van der Waals surface area contributed by atoms with Crippen LogP contribution in [-0.2, 0) is 11.2 Å². The number of methoxy groups -OCH3 is 2. The summed E-state index contributed by atoms with van der Waals surface area (Å²) in [6.07, 6.45) is 3.26. The van der Waals surface area contributed by atoms with Crippen molar-refractivity contribution in [2.24, 2.45) is 5.92 Å². The van der Waals surface area contributed by atoms with Crippen molar-refractivity contribution in [3.05, 3.63) is 35.5 Å². The number of fused-ring (bicyclic) bond motifs is 1. The van der Waals surface area contributed by atoms with Gasteiger partial charge in [-0.3, -0.25) is 9.20 Å². The van der Waals surface area contributed by atoms with Crippen LogP contribution in [-0.4, -0.2) is 36.1 Å². The first kappa shape index (κ1) is 19.2. The maximum atomic E-state index is 12.2. The fraction of sp³-hybridized carbons (Fsp3) is 0.400. The number of ether oxygens (including phenoxy) is 2. The van der Waals surface area contributed by atoms with Crippen LogP contribution in [0.5, 0.6) is 11.5 Å². The van der Waals surface area contributed by atoms with Gasteiger partial charge in [-0.05, 0) is 30.5 Å². The zero-order valence-electron chi connectivity index (χ0n) is 16.1.